The van der Waals surface area contributed by atoms with Crippen LogP contribution in [0.1, 0.15) is 23.7 Å². The standard InChI is InChI=1S/C11H13F3N2O2/c1-7(4-11(12,13)14)5-15-9-3-2-8(6-16-9)10(17)18/h2-3,6-7H,4-5H2,1H3,(H,15,16)(H,17,18). The summed E-state index contributed by atoms with van der Waals surface area (Å²) >= 11 is 0. The summed E-state index contributed by atoms with van der Waals surface area (Å²) in [6.07, 6.45) is -3.89. The fourth-order valence-electron chi connectivity index (χ4n) is 1.37. The molecule has 0 aliphatic rings. The average molecular weight is 262 g/mol. The first kappa shape index (κ1) is 14.3. The molecular weight excluding hydrogens is 249 g/mol. The Bertz CT molecular complexity index is 404. The molecular formula is C11H13F3N2O2. The maximum atomic E-state index is 12.1. The van der Waals surface area contributed by atoms with Gasteiger partial charge in [0.05, 0.1) is 5.56 Å². The molecule has 0 spiro atoms. The van der Waals surface area contributed by atoms with Gasteiger partial charge in [0.25, 0.3) is 0 Å². The van der Waals surface area contributed by atoms with E-state index in [1.165, 1.54) is 19.1 Å². The van der Waals surface area contributed by atoms with Gasteiger partial charge in [-0.15, -0.1) is 0 Å². The van der Waals surface area contributed by atoms with Gasteiger partial charge in [0, 0.05) is 19.2 Å². The fourth-order valence-corrected chi connectivity index (χ4v) is 1.37. The number of aromatic nitrogens is 1. The summed E-state index contributed by atoms with van der Waals surface area (Å²) in [5.41, 5.74) is 0.0314. The van der Waals surface area contributed by atoms with E-state index in [-0.39, 0.29) is 12.1 Å². The molecule has 0 radical (unpaired) electrons. The molecule has 0 aliphatic heterocycles. The Morgan fingerprint density at radius 1 is 1.50 bits per heavy atom. The molecule has 0 saturated heterocycles. The number of rotatable bonds is 5. The van der Waals surface area contributed by atoms with E-state index in [2.05, 4.69) is 10.3 Å². The van der Waals surface area contributed by atoms with Crippen molar-refractivity contribution in [1.82, 2.24) is 4.98 Å². The van der Waals surface area contributed by atoms with Crippen molar-refractivity contribution in [1.29, 1.82) is 0 Å². The van der Waals surface area contributed by atoms with E-state index in [4.69, 9.17) is 5.11 Å². The average Bonchev–Trinajstić information content (AvgIpc) is 2.24. The summed E-state index contributed by atoms with van der Waals surface area (Å²) in [6.45, 7) is 1.60. The van der Waals surface area contributed by atoms with Crippen LogP contribution >= 0.6 is 0 Å². The molecule has 2 N–H and O–H groups in total. The minimum atomic E-state index is -4.18. The van der Waals surface area contributed by atoms with Crippen molar-refractivity contribution >= 4 is 11.8 Å². The third-order valence-corrected chi connectivity index (χ3v) is 2.22. The van der Waals surface area contributed by atoms with Gasteiger partial charge in [0.2, 0.25) is 0 Å². The van der Waals surface area contributed by atoms with E-state index in [0.29, 0.717) is 5.82 Å². The Balaban J connectivity index is 2.46. The lowest BCUT2D eigenvalue weighted by molar-refractivity contribution is -0.142. The maximum Gasteiger partial charge on any atom is 0.389 e. The van der Waals surface area contributed by atoms with E-state index in [0.717, 1.165) is 6.20 Å². The molecule has 18 heavy (non-hydrogen) atoms. The number of alkyl halides is 3. The number of carboxylic acid groups (broad SMARTS) is 1. The van der Waals surface area contributed by atoms with Crippen LogP contribution in [-0.2, 0) is 0 Å². The summed E-state index contributed by atoms with van der Waals surface area (Å²) in [4.78, 5) is 14.3. The number of halogens is 3. The number of pyridine rings is 1. The van der Waals surface area contributed by atoms with Crippen molar-refractivity contribution in [3.63, 3.8) is 0 Å². The second-order valence-electron chi connectivity index (χ2n) is 4.04. The Hall–Kier alpha value is -1.79. The highest BCUT2D eigenvalue weighted by Gasteiger charge is 2.29. The predicted octanol–water partition coefficient (Wildman–Crippen LogP) is 2.78. The number of hydrogen-bond acceptors (Lipinski definition) is 3. The van der Waals surface area contributed by atoms with E-state index in [1.807, 2.05) is 0 Å². The van der Waals surface area contributed by atoms with Crippen LogP contribution in [0, 0.1) is 5.92 Å². The largest absolute Gasteiger partial charge is 0.478 e. The highest BCUT2D eigenvalue weighted by molar-refractivity contribution is 5.87. The van der Waals surface area contributed by atoms with E-state index in [9.17, 15) is 18.0 Å². The molecule has 0 fully saturated rings. The highest BCUT2D eigenvalue weighted by atomic mass is 19.4. The zero-order chi connectivity index (χ0) is 13.8. The van der Waals surface area contributed by atoms with Crippen LogP contribution in [-0.4, -0.2) is 28.8 Å². The van der Waals surface area contributed by atoms with Crippen LogP contribution in [0.2, 0.25) is 0 Å². The summed E-state index contributed by atoms with van der Waals surface area (Å²) in [5, 5.41) is 11.4. The first-order valence-corrected chi connectivity index (χ1v) is 5.28. The van der Waals surface area contributed by atoms with Crippen molar-refractivity contribution < 1.29 is 23.1 Å². The third kappa shape index (κ3) is 5.03. The maximum absolute atomic E-state index is 12.1. The number of hydrogen-bond donors (Lipinski definition) is 2. The van der Waals surface area contributed by atoms with E-state index < -0.39 is 24.5 Å². The molecule has 1 rings (SSSR count). The van der Waals surface area contributed by atoms with Crippen LogP contribution in [0.15, 0.2) is 18.3 Å². The number of nitrogens with zero attached hydrogens (tertiary/aromatic N) is 1. The normalized spacial score (nSPS) is 13.1. The van der Waals surface area contributed by atoms with Gasteiger partial charge in [-0.25, -0.2) is 9.78 Å². The first-order valence-electron chi connectivity index (χ1n) is 5.28. The van der Waals surface area contributed by atoms with Gasteiger partial charge in [-0.05, 0) is 18.1 Å². The van der Waals surface area contributed by atoms with Gasteiger partial charge >= 0.3 is 12.1 Å². The van der Waals surface area contributed by atoms with Crippen LogP contribution in [0.4, 0.5) is 19.0 Å². The molecule has 0 amide bonds. The topological polar surface area (TPSA) is 62.2 Å². The van der Waals surface area contributed by atoms with Gasteiger partial charge in [-0.3, -0.25) is 0 Å². The lowest BCUT2D eigenvalue weighted by Crippen LogP contribution is -2.19. The zero-order valence-corrected chi connectivity index (χ0v) is 9.66. The number of nitrogens with one attached hydrogen (secondary N) is 1. The summed E-state index contributed by atoms with van der Waals surface area (Å²) in [7, 11) is 0. The smallest absolute Gasteiger partial charge is 0.389 e. The van der Waals surface area contributed by atoms with Crippen molar-refractivity contribution in [2.45, 2.75) is 19.5 Å². The molecule has 1 heterocycles. The molecule has 1 atom stereocenters. The number of carbonyl (C=O) groups is 1. The van der Waals surface area contributed by atoms with Crippen molar-refractivity contribution in [2.24, 2.45) is 5.92 Å². The second-order valence-corrected chi connectivity index (χ2v) is 4.04. The Kier molecular flexibility index (Phi) is 4.52. The minimum Gasteiger partial charge on any atom is -0.478 e. The molecule has 4 nitrogen and oxygen atoms in total. The van der Waals surface area contributed by atoms with Crippen LogP contribution in [0.25, 0.3) is 0 Å². The predicted molar refractivity (Wildman–Crippen MR) is 59.5 cm³/mol. The second kappa shape index (κ2) is 5.70. The van der Waals surface area contributed by atoms with Crippen LogP contribution in [0.5, 0.6) is 0 Å². The lowest BCUT2D eigenvalue weighted by Gasteiger charge is -2.14. The summed E-state index contributed by atoms with van der Waals surface area (Å²) in [6, 6.07) is 2.76. The summed E-state index contributed by atoms with van der Waals surface area (Å²) < 4.78 is 36.2. The first-order chi connectivity index (χ1) is 8.28. The summed E-state index contributed by atoms with van der Waals surface area (Å²) in [5.74, 6) is -1.32. The Labute approximate surface area is 102 Å². The monoisotopic (exact) mass is 262 g/mol. The van der Waals surface area contributed by atoms with E-state index >= 15 is 0 Å². The molecule has 7 heteroatoms. The molecule has 1 unspecified atom stereocenters. The van der Waals surface area contributed by atoms with Gasteiger partial charge in [-0.2, -0.15) is 13.2 Å². The van der Waals surface area contributed by atoms with Crippen molar-refractivity contribution in [3.8, 4) is 0 Å². The zero-order valence-electron chi connectivity index (χ0n) is 9.66. The molecule has 0 aliphatic carbocycles. The molecule has 100 valence electrons. The van der Waals surface area contributed by atoms with Crippen LogP contribution < -0.4 is 5.32 Å². The van der Waals surface area contributed by atoms with Crippen molar-refractivity contribution in [2.75, 3.05) is 11.9 Å². The van der Waals surface area contributed by atoms with Gasteiger partial charge in [0.15, 0.2) is 0 Å². The van der Waals surface area contributed by atoms with E-state index in [1.54, 1.807) is 0 Å². The Morgan fingerprint density at radius 2 is 2.17 bits per heavy atom. The van der Waals surface area contributed by atoms with Crippen molar-refractivity contribution in [3.05, 3.63) is 23.9 Å². The number of carboxylic acids is 1. The molecule has 1 aromatic heterocycles. The van der Waals surface area contributed by atoms with Gasteiger partial charge in [-0.1, -0.05) is 6.92 Å². The molecule has 1 aromatic rings. The molecule has 0 saturated carbocycles. The SMILES string of the molecule is CC(CNc1ccc(C(=O)O)cn1)CC(F)(F)F. The quantitative estimate of drug-likeness (QED) is 0.856. The van der Waals surface area contributed by atoms with Crippen LogP contribution in [0.3, 0.4) is 0 Å². The minimum absolute atomic E-state index is 0.0314. The number of aromatic carboxylic acids is 1. The van der Waals surface area contributed by atoms with Gasteiger partial charge < -0.3 is 10.4 Å². The lowest BCUT2D eigenvalue weighted by atomic mass is 10.1. The highest BCUT2D eigenvalue weighted by Crippen LogP contribution is 2.24. The Morgan fingerprint density at radius 3 is 2.61 bits per heavy atom. The molecule has 0 bridgehead atoms. The molecule has 0 aromatic carbocycles. The van der Waals surface area contributed by atoms with Gasteiger partial charge in [0.1, 0.15) is 5.82 Å². The third-order valence-electron chi connectivity index (χ3n) is 2.22. The number of anilines is 1. The fraction of sp³-hybridized carbons (Fsp3) is 0.455.